The maximum Gasteiger partial charge on any atom is 0.234 e. The molecule has 0 aliphatic heterocycles. The van der Waals surface area contributed by atoms with E-state index in [1.807, 2.05) is 92.2 Å². The van der Waals surface area contributed by atoms with Crippen molar-refractivity contribution < 1.29 is 9.59 Å². The van der Waals surface area contributed by atoms with Gasteiger partial charge in [-0.3, -0.25) is 14.5 Å². The molecule has 1 N–H and O–H groups in total. The average molecular weight is 942 g/mol. The number of allylic oxidation sites excluding steroid dienone is 1. The van der Waals surface area contributed by atoms with Crippen molar-refractivity contribution in [1.29, 1.82) is 0 Å². The van der Waals surface area contributed by atoms with Crippen molar-refractivity contribution in [2.75, 3.05) is 50.1 Å². The number of nitrogens with one attached hydrogen (secondary N) is 1. The van der Waals surface area contributed by atoms with Gasteiger partial charge in [0.2, 0.25) is 5.91 Å². The molecule has 346 valence electrons. The van der Waals surface area contributed by atoms with Crippen molar-refractivity contribution in [3.8, 4) is 0 Å². The Kier molecular flexibility index (Phi) is 16.8. The summed E-state index contributed by atoms with van der Waals surface area (Å²) in [4.78, 5) is 31.8. The van der Waals surface area contributed by atoms with Crippen molar-refractivity contribution in [2.45, 2.75) is 16.0 Å². The van der Waals surface area contributed by atoms with E-state index >= 15 is 0 Å². The Bertz CT molecular complexity index is 2650. The topological polar surface area (TPSA) is 52.7 Å². The summed E-state index contributed by atoms with van der Waals surface area (Å²) >= 11 is 3.74. The predicted molar refractivity (Wildman–Crippen MR) is 292 cm³/mol. The van der Waals surface area contributed by atoms with Crippen molar-refractivity contribution in [1.82, 2.24) is 10.2 Å². The minimum atomic E-state index is -0.485. The van der Waals surface area contributed by atoms with Crippen LogP contribution in [0.1, 0.15) is 54.9 Å². The van der Waals surface area contributed by atoms with Gasteiger partial charge in [0.1, 0.15) is 0 Å². The lowest BCUT2D eigenvalue weighted by Crippen LogP contribution is -2.39. The summed E-state index contributed by atoms with van der Waals surface area (Å²) in [7, 11) is 4.02. The number of hydrogen-bond donors (Lipinski definition) is 1. The van der Waals surface area contributed by atoms with Crippen molar-refractivity contribution in [2.24, 2.45) is 0 Å². The molecule has 0 heterocycles. The molecule has 0 aliphatic carbocycles. The lowest BCUT2D eigenvalue weighted by Gasteiger charge is -2.36. The predicted octanol–water partition coefficient (Wildman–Crippen LogP) is 13.0. The first kappa shape index (κ1) is 48.6. The molecule has 0 saturated carbocycles. The van der Waals surface area contributed by atoms with Crippen LogP contribution >= 0.6 is 23.5 Å². The number of amides is 1. The number of anilines is 1. The third kappa shape index (κ3) is 12.0. The van der Waals surface area contributed by atoms with Crippen LogP contribution in [0.4, 0.5) is 5.69 Å². The van der Waals surface area contributed by atoms with E-state index in [-0.39, 0.29) is 18.2 Å². The Labute approximate surface area is 417 Å². The molecule has 1 amide bonds. The van der Waals surface area contributed by atoms with E-state index in [0.717, 1.165) is 22.6 Å². The second-order valence-corrected chi connectivity index (χ2v) is 19.8. The van der Waals surface area contributed by atoms with Gasteiger partial charge in [0.25, 0.3) is 0 Å². The molecule has 0 bridgehead atoms. The summed E-state index contributed by atoms with van der Waals surface area (Å²) in [6, 6.07) is 80.1. The normalized spacial score (nSPS) is 11.7. The molecule has 0 aliphatic rings. The second kappa shape index (κ2) is 23.9. The van der Waals surface area contributed by atoms with E-state index in [1.165, 1.54) is 33.4 Å². The number of nitrogens with zero attached hydrogens (tertiary/aromatic N) is 2. The van der Waals surface area contributed by atoms with Crippen LogP contribution in [-0.4, -0.2) is 61.8 Å². The highest BCUT2D eigenvalue weighted by molar-refractivity contribution is 8.00. The molecule has 5 nitrogen and oxygen atoms in total. The van der Waals surface area contributed by atoms with E-state index in [0.29, 0.717) is 31.0 Å². The first-order valence-electron chi connectivity index (χ1n) is 23.5. The van der Waals surface area contributed by atoms with Crippen LogP contribution in [0.2, 0.25) is 0 Å². The average Bonchev–Trinajstić information content (AvgIpc) is 3.41. The van der Waals surface area contributed by atoms with Crippen LogP contribution in [0.25, 0.3) is 6.08 Å². The maximum absolute atomic E-state index is 14.2. The van der Waals surface area contributed by atoms with Crippen LogP contribution in [0, 0.1) is 0 Å². The fraction of sp³-hybridized carbons (Fsp3) is 0.161. The molecule has 0 radical (unpaired) electrons. The third-order valence-corrected chi connectivity index (χ3v) is 15.5. The molecule has 7 heteroatoms. The Morgan fingerprint density at radius 1 is 0.493 bits per heavy atom. The van der Waals surface area contributed by atoms with Crippen LogP contribution in [0.15, 0.2) is 237 Å². The van der Waals surface area contributed by atoms with E-state index in [1.54, 1.807) is 6.08 Å². The number of thioether (sulfide) groups is 2. The molecule has 8 aromatic rings. The zero-order valence-corrected chi connectivity index (χ0v) is 41.0. The number of carbonyl (C=O) groups excluding carboxylic acids is 2. The van der Waals surface area contributed by atoms with Crippen LogP contribution in [0.5, 0.6) is 0 Å². The minimum Gasteiger partial charge on any atom is -0.378 e. The van der Waals surface area contributed by atoms with Gasteiger partial charge in [0.15, 0.2) is 5.78 Å². The van der Waals surface area contributed by atoms with E-state index < -0.39 is 9.49 Å². The fourth-order valence-electron chi connectivity index (χ4n) is 8.92. The third-order valence-electron chi connectivity index (χ3n) is 12.4. The van der Waals surface area contributed by atoms with Crippen LogP contribution < -0.4 is 10.2 Å². The lowest BCUT2D eigenvalue weighted by atomic mass is 9.84. The molecule has 0 aromatic heterocycles. The van der Waals surface area contributed by atoms with Gasteiger partial charge in [-0.25, -0.2) is 0 Å². The summed E-state index contributed by atoms with van der Waals surface area (Å²) in [6.45, 7) is 1.91. The molecule has 8 aromatic carbocycles. The molecular formula is C62H59N3O2S2. The van der Waals surface area contributed by atoms with Gasteiger partial charge in [0, 0.05) is 56.5 Å². The van der Waals surface area contributed by atoms with Crippen molar-refractivity contribution in [3.63, 3.8) is 0 Å². The Balaban J connectivity index is 1.01. The molecule has 0 spiro atoms. The molecule has 0 saturated heterocycles. The highest BCUT2D eigenvalue weighted by Gasteiger charge is 2.38. The van der Waals surface area contributed by atoms with Gasteiger partial charge >= 0.3 is 0 Å². The summed E-state index contributed by atoms with van der Waals surface area (Å²) in [6.07, 6.45) is 3.49. The summed E-state index contributed by atoms with van der Waals surface area (Å²) < 4.78 is -0.955. The van der Waals surface area contributed by atoms with Gasteiger partial charge in [0.05, 0.1) is 16.0 Å². The zero-order chi connectivity index (χ0) is 47.7. The van der Waals surface area contributed by atoms with Gasteiger partial charge in [-0.15, -0.1) is 23.5 Å². The van der Waals surface area contributed by atoms with E-state index in [4.69, 9.17) is 0 Å². The SMILES string of the molecule is CN(C)c1ccc(/C=C/C(=O)c2ccc(CN(CCSC(c3ccccc3)(c3ccccc3)c3ccccc3)CC(=O)NCCSC(c3ccccc3)(c3ccccc3)c3ccccc3)cc2)cc1. The molecule has 8 rings (SSSR count). The smallest absolute Gasteiger partial charge is 0.234 e. The van der Waals surface area contributed by atoms with E-state index in [2.05, 4.69) is 197 Å². The number of ketones is 1. The standard InChI is InChI=1S/C62H59N3O2S2/c1-64(2)58-40-35-49(36-41-58)37-42-59(66)51-38-33-50(34-39-51)47-65(44-46-69-62(55-27-15-6-16-28-55,56-29-17-7-18-30-56)57-31-19-8-20-32-57)48-60(67)63-43-45-68-61(52-21-9-3-10-22-52,53-23-11-4-12-24-53)54-25-13-5-14-26-54/h3-42H,43-48H2,1-2H3,(H,63,67)/b42-37+. The number of carbonyl (C=O) groups is 2. The first-order chi connectivity index (χ1) is 33.8. The van der Waals surface area contributed by atoms with Gasteiger partial charge in [-0.05, 0) is 62.7 Å². The summed E-state index contributed by atoms with van der Waals surface area (Å²) in [5, 5.41) is 3.31. The highest BCUT2D eigenvalue weighted by Crippen LogP contribution is 2.49. The molecule has 0 atom stereocenters. The van der Waals surface area contributed by atoms with Crippen LogP contribution in [0.3, 0.4) is 0 Å². The van der Waals surface area contributed by atoms with Gasteiger partial charge < -0.3 is 10.2 Å². The quantitative estimate of drug-likeness (QED) is 0.0316. The monoisotopic (exact) mass is 941 g/mol. The Hall–Kier alpha value is -6.90. The van der Waals surface area contributed by atoms with Gasteiger partial charge in [-0.2, -0.15) is 0 Å². The highest BCUT2D eigenvalue weighted by atomic mass is 32.2. The maximum atomic E-state index is 14.2. The van der Waals surface area contributed by atoms with Crippen LogP contribution in [-0.2, 0) is 20.8 Å². The second-order valence-electron chi connectivity index (χ2n) is 17.2. The van der Waals surface area contributed by atoms with Crippen molar-refractivity contribution >= 4 is 47.0 Å². The molecular weight excluding hydrogens is 883 g/mol. The number of hydrogen-bond acceptors (Lipinski definition) is 6. The molecule has 0 fully saturated rings. The Morgan fingerprint density at radius 3 is 1.28 bits per heavy atom. The fourth-order valence-corrected chi connectivity index (χ4v) is 11.9. The first-order valence-corrected chi connectivity index (χ1v) is 25.5. The van der Waals surface area contributed by atoms with Crippen molar-refractivity contribution in [3.05, 3.63) is 287 Å². The number of rotatable bonds is 22. The molecule has 0 unspecified atom stereocenters. The summed E-state index contributed by atoms with van der Waals surface area (Å²) in [5.41, 5.74) is 10.9. The summed E-state index contributed by atoms with van der Waals surface area (Å²) in [5.74, 6) is 1.35. The zero-order valence-electron chi connectivity index (χ0n) is 39.4. The van der Waals surface area contributed by atoms with Gasteiger partial charge in [-0.1, -0.05) is 224 Å². The Morgan fingerprint density at radius 2 is 0.884 bits per heavy atom. The number of benzene rings is 8. The molecule has 69 heavy (non-hydrogen) atoms. The minimum absolute atomic E-state index is 0.0266. The van der Waals surface area contributed by atoms with E-state index in [9.17, 15) is 9.59 Å². The lowest BCUT2D eigenvalue weighted by molar-refractivity contribution is -0.122. The largest absolute Gasteiger partial charge is 0.378 e.